The van der Waals surface area contributed by atoms with Gasteiger partial charge in [-0.2, -0.15) is 0 Å². The number of hydrogen-bond acceptors (Lipinski definition) is 4. The molecule has 0 saturated heterocycles. The molecule has 23 heavy (non-hydrogen) atoms. The Kier molecular flexibility index (Phi) is 20.3. The number of carboxylic acid groups (broad SMARTS) is 1. The Balaban J connectivity index is 0. The summed E-state index contributed by atoms with van der Waals surface area (Å²) in [6.45, 7) is 2.14. The van der Waals surface area contributed by atoms with Gasteiger partial charge in [0.25, 0.3) is 0 Å². The van der Waals surface area contributed by atoms with Crippen molar-refractivity contribution >= 4 is 16.0 Å². The number of hydrogen-bond donors (Lipinski definition) is 1. The molecule has 0 fully saturated rings. The van der Waals surface area contributed by atoms with Crippen LogP contribution in [0.15, 0.2) is 0 Å². The summed E-state index contributed by atoms with van der Waals surface area (Å²) in [7, 11) is -3.33. The van der Waals surface area contributed by atoms with Crippen molar-refractivity contribution < 1.29 is 69.7 Å². The SMILES string of the molecule is CCCCCCCCCCCCCS(=O)(=O)NCCC(=O)[O-].[K+]. The number of unbranched alkanes of at least 4 members (excludes halogenated alkanes) is 10. The quantitative estimate of drug-likeness (QED) is 0.288. The zero-order valence-electron chi connectivity index (χ0n) is 14.9. The summed E-state index contributed by atoms with van der Waals surface area (Å²) >= 11 is 0. The van der Waals surface area contributed by atoms with Gasteiger partial charge in [-0.25, -0.2) is 13.1 Å². The van der Waals surface area contributed by atoms with Crippen molar-refractivity contribution in [2.45, 2.75) is 84.0 Å². The Labute approximate surface area is 184 Å². The molecule has 0 spiro atoms. The van der Waals surface area contributed by atoms with Crippen LogP contribution in [0.4, 0.5) is 0 Å². The predicted molar refractivity (Wildman–Crippen MR) is 87.9 cm³/mol. The number of carbonyl (C=O) groups is 1. The molecule has 0 saturated carbocycles. The maximum atomic E-state index is 11.5. The van der Waals surface area contributed by atoms with Crippen molar-refractivity contribution in [2.75, 3.05) is 12.3 Å². The fourth-order valence-corrected chi connectivity index (χ4v) is 3.48. The molecule has 0 aromatic heterocycles. The summed E-state index contributed by atoms with van der Waals surface area (Å²) in [6, 6.07) is 0. The average molecular weight is 374 g/mol. The summed E-state index contributed by atoms with van der Waals surface area (Å²) in [5, 5.41) is 10.2. The number of rotatable bonds is 16. The Morgan fingerprint density at radius 3 is 1.74 bits per heavy atom. The third-order valence-electron chi connectivity index (χ3n) is 3.67. The number of nitrogens with one attached hydrogen (secondary N) is 1. The van der Waals surface area contributed by atoms with Gasteiger partial charge in [-0.1, -0.05) is 71.1 Å². The first-order valence-electron chi connectivity index (χ1n) is 8.65. The van der Waals surface area contributed by atoms with Crippen LogP contribution < -0.4 is 61.2 Å². The molecular formula is C16H32KNO4S. The van der Waals surface area contributed by atoms with Crippen molar-refractivity contribution in [3.8, 4) is 0 Å². The maximum absolute atomic E-state index is 11.5. The second-order valence-corrected chi connectivity index (χ2v) is 7.80. The van der Waals surface area contributed by atoms with Gasteiger partial charge in [0.2, 0.25) is 10.0 Å². The van der Waals surface area contributed by atoms with Crippen LogP contribution in [0.3, 0.4) is 0 Å². The van der Waals surface area contributed by atoms with E-state index in [2.05, 4.69) is 11.6 Å². The van der Waals surface area contributed by atoms with Crippen molar-refractivity contribution in [3.05, 3.63) is 0 Å². The van der Waals surface area contributed by atoms with Crippen LogP contribution in [0.1, 0.15) is 84.0 Å². The molecule has 0 aliphatic carbocycles. The Morgan fingerprint density at radius 1 is 0.870 bits per heavy atom. The van der Waals surface area contributed by atoms with Crippen LogP contribution in [-0.4, -0.2) is 26.7 Å². The van der Waals surface area contributed by atoms with E-state index in [0.717, 1.165) is 12.8 Å². The molecule has 0 aliphatic heterocycles. The van der Waals surface area contributed by atoms with E-state index in [1.165, 1.54) is 51.4 Å². The maximum Gasteiger partial charge on any atom is 1.00 e. The largest absolute Gasteiger partial charge is 1.00 e. The third-order valence-corrected chi connectivity index (χ3v) is 5.14. The zero-order valence-corrected chi connectivity index (χ0v) is 18.9. The first-order valence-corrected chi connectivity index (χ1v) is 10.3. The van der Waals surface area contributed by atoms with Crippen LogP contribution in [0.5, 0.6) is 0 Å². The van der Waals surface area contributed by atoms with Gasteiger partial charge < -0.3 is 9.90 Å². The molecule has 0 bridgehead atoms. The van der Waals surface area contributed by atoms with E-state index in [0.29, 0.717) is 6.42 Å². The topological polar surface area (TPSA) is 86.3 Å². The molecular weight excluding hydrogens is 341 g/mol. The van der Waals surface area contributed by atoms with Crippen molar-refractivity contribution in [3.63, 3.8) is 0 Å². The standard InChI is InChI=1S/C16H33NO4S.K/c1-2-3-4-5-6-7-8-9-10-11-12-15-22(20,21)17-14-13-16(18)19;/h17H,2-15H2,1H3,(H,18,19);/q;+1/p-1. The molecule has 0 amide bonds. The fraction of sp³-hybridized carbons (Fsp3) is 0.938. The van der Waals surface area contributed by atoms with Crippen LogP contribution in [0, 0.1) is 0 Å². The van der Waals surface area contributed by atoms with Crippen molar-refractivity contribution in [1.29, 1.82) is 0 Å². The van der Waals surface area contributed by atoms with Crippen LogP contribution in [0.25, 0.3) is 0 Å². The zero-order chi connectivity index (χ0) is 16.7. The van der Waals surface area contributed by atoms with Gasteiger partial charge in [0.1, 0.15) is 0 Å². The van der Waals surface area contributed by atoms with Crippen molar-refractivity contribution in [2.24, 2.45) is 0 Å². The summed E-state index contributed by atoms with van der Waals surface area (Å²) in [4.78, 5) is 10.2. The van der Waals surface area contributed by atoms with E-state index < -0.39 is 16.0 Å². The van der Waals surface area contributed by atoms with E-state index in [4.69, 9.17) is 0 Å². The van der Waals surface area contributed by atoms with Gasteiger partial charge in [0.05, 0.1) is 5.75 Å². The van der Waals surface area contributed by atoms with E-state index >= 15 is 0 Å². The number of aliphatic carboxylic acids is 1. The molecule has 0 rings (SSSR count). The molecule has 0 aromatic carbocycles. The van der Waals surface area contributed by atoms with Gasteiger partial charge in [0, 0.05) is 18.9 Å². The van der Waals surface area contributed by atoms with E-state index in [1.54, 1.807) is 0 Å². The number of carboxylic acids is 1. The summed E-state index contributed by atoms with van der Waals surface area (Å²) in [5.41, 5.74) is 0. The second kappa shape index (κ2) is 17.8. The second-order valence-electron chi connectivity index (χ2n) is 5.87. The van der Waals surface area contributed by atoms with E-state index in [1.807, 2.05) is 0 Å². The summed E-state index contributed by atoms with van der Waals surface area (Å²) in [5.74, 6) is -1.16. The minimum absolute atomic E-state index is 0. The predicted octanol–water partition coefficient (Wildman–Crippen LogP) is -0.639. The van der Waals surface area contributed by atoms with Crippen molar-refractivity contribution in [1.82, 2.24) is 4.72 Å². The molecule has 0 atom stereocenters. The minimum Gasteiger partial charge on any atom is -0.550 e. The third kappa shape index (κ3) is 21.0. The van der Waals surface area contributed by atoms with Gasteiger partial charge in [-0.05, 0) is 6.42 Å². The minimum atomic E-state index is -3.33. The molecule has 0 radical (unpaired) electrons. The van der Waals surface area contributed by atoms with Crippen LogP contribution in [0.2, 0.25) is 0 Å². The monoisotopic (exact) mass is 373 g/mol. The van der Waals surface area contributed by atoms with E-state index in [-0.39, 0.29) is 70.1 Å². The molecule has 0 heterocycles. The Morgan fingerprint density at radius 2 is 1.30 bits per heavy atom. The molecule has 0 unspecified atom stereocenters. The van der Waals surface area contributed by atoms with Gasteiger partial charge in [-0.3, -0.25) is 0 Å². The van der Waals surface area contributed by atoms with Crippen LogP contribution in [-0.2, 0) is 14.8 Å². The summed E-state index contributed by atoms with van der Waals surface area (Å²) in [6.07, 6.45) is 12.7. The van der Waals surface area contributed by atoms with Gasteiger partial charge in [-0.15, -0.1) is 0 Å². The Hall–Kier alpha value is 1.02. The summed E-state index contributed by atoms with van der Waals surface area (Å²) < 4.78 is 25.4. The van der Waals surface area contributed by atoms with Gasteiger partial charge >= 0.3 is 51.4 Å². The first kappa shape index (κ1) is 26.2. The molecule has 0 aliphatic rings. The van der Waals surface area contributed by atoms with Gasteiger partial charge in [0.15, 0.2) is 0 Å². The molecule has 0 aromatic rings. The normalized spacial score (nSPS) is 11.2. The first-order chi connectivity index (χ1) is 10.5. The Bertz CT molecular complexity index is 374. The average Bonchev–Trinajstić information content (AvgIpc) is 2.44. The smallest absolute Gasteiger partial charge is 0.550 e. The molecule has 1 N–H and O–H groups in total. The molecule has 5 nitrogen and oxygen atoms in total. The number of sulfonamides is 1. The van der Waals surface area contributed by atoms with Crippen LogP contribution >= 0.6 is 0 Å². The van der Waals surface area contributed by atoms with E-state index in [9.17, 15) is 18.3 Å². The fourth-order valence-electron chi connectivity index (χ4n) is 2.34. The molecule has 132 valence electrons. The molecule has 7 heteroatoms. The number of carbonyl (C=O) groups excluding carboxylic acids is 1.